The van der Waals surface area contributed by atoms with Gasteiger partial charge < -0.3 is 19.5 Å². The van der Waals surface area contributed by atoms with Crippen molar-refractivity contribution in [1.29, 1.82) is 0 Å². The predicted octanol–water partition coefficient (Wildman–Crippen LogP) is 4.07. The second-order valence-electron chi connectivity index (χ2n) is 9.49. The smallest absolute Gasteiger partial charge is 0.423 e. The first-order valence-electron chi connectivity index (χ1n) is 13.4. The first-order valence-corrected chi connectivity index (χ1v) is 13.4. The fourth-order valence-corrected chi connectivity index (χ4v) is 4.55. The molecule has 1 amide bonds. The van der Waals surface area contributed by atoms with E-state index in [-0.39, 0.29) is 49.0 Å². The Morgan fingerprint density at radius 3 is 2.52 bits per heavy atom. The van der Waals surface area contributed by atoms with Crippen LogP contribution in [0.25, 0.3) is 11.4 Å². The lowest BCUT2D eigenvalue weighted by molar-refractivity contribution is -0.151. The van der Waals surface area contributed by atoms with Gasteiger partial charge in [0.15, 0.2) is 17.3 Å². The van der Waals surface area contributed by atoms with Gasteiger partial charge in [-0.15, -0.1) is 0 Å². The highest BCUT2D eigenvalue weighted by Gasteiger charge is 2.42. The summed E-state index contributed by atoms with van der Waals surface area (Å²) in [6.07, 6.45) is -2.92. The second kappa shape index (κ2) is 12.6. The van der Waals surface area contributed by atoms with E-state index >= 15 is 0 Å². The number of anilines is 1. The van der Waals surface area contributed by atoms with Crippen molar-refractivity contribution in [1.82, 2.24) is 24.2 Å². The molecule has 2 aromatic heterocycles. The maximum Gasteiger partial charge on any atom is 0.423 e. The van der Waals surface area contributed by atoms with Crippen molar-refractivity contribution in [2.45, 2.75) is 59.1 Å². The molecule has 0 fully saturated rings. The number of nitrogens with zero attached hydrogens (tertiary/aromatic N) is 6. The quantitative estimate of drug-likeness (QED) is 0.273. The van der Waals surface area contributed by atoms with Crippen LogP contribution in [0.3, 0.4) is 0 Å². The van der Waals surface area contributed by atoms with Crippen LogP contribution < -0.4 is 4.90 Å². The van der Waals surface area contributed by atoms with E-state index in [0.717, 1.165) is 16.7 Å². The maximum absolute atomic E-state index is 13.5. The number of hydrogen-bond donors (Lipinski definition) is 1. The topological polar surface area (TPSA) is 132 Å². The van der Waals surface area contributed by atoms with Crippen LogP contribution in [0.15, 0.2) is 36.7 Å². The summed E-state index contributed by atoms with van der Waals surface area (Å²) in [5.41, 5.74) is -0.384. The third-order valence-electron chi connectivity index (χ3n) is 6.49. The van der Waals surface area contributed by atoms with Gasteiger partial charge in [-0.05, 0) is 37.5 Å². The first kappa shape index (κ1) is 30.6. The summed E-state index contributed by atoms with van der Waals surface area (Å²) in [4.78, 5) is 45.8. The number of aromatic nitrogens is 4. The molecule has 1 atom stereocenters. The minimum absolute atomic E-state index is 0.0226. The molecule has 0 radical (unpaired) electrons. The Hall–Kier alpha value is -4.40. The number of ether oxygens (including phenoxy) is 2. The fraction of sp³-hybridized carbons (Fsp3) is 0.444. The van der Waals surface area contributed by atoms with E-state index in [1.807, 2.05) is 6.92 Å². The third-order valence-corrected chi connectivity index (χ3v) is 6.49. The van der Waals surface area contributed by atoms with Crippen LogP contribution in [0, 0.1) is 0 Å². The molecule has 3 heterocycles. The van der Waals surface area contributed by atoms with Crippen LogP contribution in [0.1, 0.15) is 61.6 Å². The zero-order valence-corrected chi connectivity index (χ0v) is 23.3. The van der Waals surface area contributed by atoms with Crippen molar-refractivity contribution in [3.63, 3.8) is 0 Å². The summed E-state index contributed by atoms with van der Waals surface area (Å²) in [5.74, 6) is -1.26. The molecule has 42 heavy (non-hydrogen) atoms. The zero-order chi connectivity index (χ0) is 30.6. The number of aliphatic hydroxyl groups is 1. The van der Waals surface area contributed by atoms with Gasteiger partial charge in [0, 0.05) is 25.7 Å². The Balaban J connectivity index is 1.73. The highest BCUT2D eigenvalue weighted by atomic mass is 19.4. The standard InChI is InChI=1S/C27H31F3N6O6/c1-4-8-20(37)41-16-42-26(40)36-21-23(34(6-3)25(39)35(11-5-2)24(21)38)32-22(36)18-13-31-33(15-18)14-17-9-7-10-19(12-17)27(28,29)30/h7,9-10,12-13,15,25,39H,4-6,8,11,14,16H2,1-3H3. The molecule has 0 spiro atoms. The third kappa shape index (κ3) is 6.25. The van der Waals surface area contributed by atoms with Crippen molar-refractivity contribution in [3.8, 4) is 11.4 Å². The number of imidazole rings is 1. The number of hydrogen-bond acceptors (Lipinski definition) is 9. The Morgan fingerprint density at radius 1 is 1.10 bits per heavy atom. The van der Waals surface area contributed by atoms with Crippen molar-refractivity contribution >= 4 is 23.8 Å². The van der Waals surface area contributed by atoms with Gasteiger partial charge in [0.25, 0.3) is 5.91 Å². The molecule has 1 aromatic carbocycles. The summed E-state index contributed by atoms with van der Waals surface area (Å²) < 4.78 is 51.9. The molecule has 3 aromatic rings. The predicted molar refractivity (Wildman–Crippen MR) is 142 cm³/mol. The first-order chi connectivity index (χ1) is 20.0. The number of amides is 1. The highest BCUT2D eigenvalue weighted by Crippen LogP contribution is 2.35. The molecule has 0 aliphatic carbocycles. The SMILES string of the molecule is CCCC(=O)OCOC(=O)n1c(-c2cnn(Cc3cccc(C(F)(F)F)c3)c2)nc2c1C(=O)N(CCC)C(O)N2CC. The van der Waals surface area contributed by atoms with Gasteiger partial charge in [-0.1, -0.05) is 26.0 Å². The number of carbonyl (C=O) groups is 3. The number of halogens is 3. The van der Waals surface area contributed by atoms with E-state index in [0.29, 0.717) is 18.4 Å². The molecule has 1 aliphatic rings. The molecule has 226 valence electrons. The molecule has 12 nitrogen and oxygen atoms in total. The van der Waals surface area contributed by atoms with E-state index < -0.39 is 42.9 Å². The lowest BCUT2D eigenvalue weighted by Gasteiger charge is -2.39. The number of fused-ring (bicyclic) bond motifs is 1. The average Bonchev–Trinajstić information content (AvgIpc) is 3.56. The van der Waals surface area contributed by atoms with Crippen molar-refractivity contribution in [2.24, 2.45) is 0 Å². The number of carbonyl (C=O) groups excluding carboxylic acids is 3. The minimum Gasteiger partial charge on any atom is -0.428 e. The van der Waals surface area contributed by atoms with Crippen LogP contribution in [-0.4, -0.2) is 73.5 Å². The lowest BCUT2D eigenvalue weighted by atomic mass is 10.1. The monoisotopic (exact) mass is 592 g/mol. The fourth-order valence-electron chi connectivity index (χ4n) is 4.55. The summed E-state index contributed by atoms with van der Waals surface area (Å²) in [6.45, 7) is 5.05. The molecule has 0 saturated heterocycles. The van der Waals surface area contributed by atoms with E-state index in [9.17, 15) is 32.7 Å². The Kier molecular flexibility index (Phi) is 9.19. The van der Waals surface area contributed by atoms with Crippen LogP contribution in [0.4, 0.5) is 23.8 Å². The lowest BCUT2D eigenvalue weighted by Crippen LogP contribution is -2.56. The molecule has 4 rings (SSSR count). The number of benzene rings is 1. The molecule has 15 heteroatoms. The van der Waals surface area contributed by atoms with Crippen LogP contribution in [0.5, 0.6) is 0 Å². The van der Waals surface area contributed by atoms with Gasteiger partial charge >= 0.3 is 18.2 Å². The van der Waals surface area contributed by atoms with Crippen molar-refractivity contribution < 1.29 is 42.1 Å². The summed E-state index contributed by atoms with van der Waals surface area (Å²) in [7, 11) is 0. The summed E-state index contributed by atoms with van der Waals surface area (Å²) in [6, 6.07) is 4.80. The van der Waals surface area contributed by atoms with Gasteiger partial charge in [0.1, 0.15) is 0 Å². The molecule has 0 saturated carbocycles. The van der Waals surface area contributed by atoms with Crippen LogP contribution >= 0.6 is 0 Å². The zero-order valence-electron chi connectivity index (χ0n) is 23.3. The van der Waals surface area contributed by atoms with Crippen molar-refractivity contribution in [3.05, 3.63) is 53.5 Å². The van der Waals surface area contributed by atoms with E-state index in [4.69, 9.17) is 9.47 Å². The molecular weight excluding hydrogens is 561 g/mol. The molecule has 0 bridgehead atoms. The summed E-state index contributed by atoms with van der Waals surface area (Å²) in [5, 5.41) is 15.1. The highest BCUT2D eigenvalue weighted by molar-refractivity contribution is 6.03. The minimum atomic E-state index is -4.51. The largest absolute Gasteiger partial charge is 0.428 e. The van der Waals surface area contributed by atoms with Gasteiger partial charge in [-0.2, -0.15) is 18.3 Å². The van der Waals surface area contributed by atoms with E-state index in [1.54, 1.807) is 13.8 Å². The summed E-state index contributed by atoms with van der Waals surface area (Å²) >= 11 is 0. The molecule has 1 aliphatic heterocycles. The molecular formula is C27H31F3N6O6. The van der Waals surface area contributed by atoms with Gasteiger partial charge in [0.05, 0.1) is 23.9 Å². The van der Waals surface area contributed by atoms with E-state index in [1.165, 1.54) is 39.0 Å². The Bertz CT molecular complexity index is 1450. The number of alkyl halides is 3. The van der Waals surface area contributed by atoms with Gasteiger partial charge in [-0.3, -0.25) is 19.2 Å². The average molecular weight is 593 g/mol. The van der Waals surface area contributed by atoms with Crippen LogP contribution in [0.2, 0.25) is 0 Å². The maximum atomic E-state index is 13.5. The number of esters is 1. The van der Waals surface area contributed by atoms with Gasteiger partial charge in [-0.25, -0.2) is 14.3 Å². The number of aliphatic hydroxyl groups excluding tert-OH is 1. The van der Waals surface area contributed by atoms with E-state index in [2.05, 4.69) is 10.1 Å². The number of rotatable bonds is 10. The Labute approximate surface area is 239 Å². The van der Waals surface area contributed by atoms with Gasteiger partial charge in [0.2, 0.25) is 13.1 Å². The molecule has 1 N–H and O–H groups in total. The second-order valence-corrected chi connectivity index (χ2v) is 9.49. The normalized spacial score (nSPS) is 15.1. The Morgan fingerprint density at radius 2 is 1.86 bits per heavy atom. The molecule has 1 unspecified atom stereocenters. The van der Waals surface area contributed by atoms with Crippen molar-refractivity contribution in [2.75, 3.05) is 24.8 Å². The van der Waals surface area contributed by atoms with Crippen LogP contribution in [-0.2, 0) is 27.0 Å².